The zero-order chi connectivity index (χ0) is 13.6. The molecular formula is C11H8O7. The van der Waals surface area contributed by atoms with Crippen molar-refractivity contribution >= 4 is 11.6 Å². The first-order chi connectivity index (χ1) is 8.40. The second-order valence-corrected chi connectivity index (χ2v) is 3.55. The van der Waals surface area contributed by atoms with E-state index in [1.165, 1.54) is 0 Å². The van der Waals surface area contributed by atoms with Crippen LogP contribution in [0.4, 0.5) is 0 Å². The monoisotopic (exact) mass is 252 g/mol. The lowest BCUT2D eigenvalue weighted by Gasteiger charge is -2.17. The number of hydrogen-bond donors (Lipinski definition) is 4. The summed E-state index contributed by atoms with van der Waals surface area (Å²) < 4.78 is 4.65. The molecule has 0 aliphatic heterocycles. The van der Waals surface area contributed by atoms with Crippen LogP contribution in [0, 0.1) is 0 Å². The smallest absolute Gasteiger partial charge is 0.232 e. The second-order valence-electron chi connectivity index (χ2n) is 3.55. The summed E-state index contributed by atoms with van der Waals surface area (Å²) in [6.45, 7) is 0. The fraction of sp³-hybridized carbons (Fsp3) is 0.0909. The molecular weight excluding hydrogens is 244 g/mol. The minimum Gasteiger partial charge on any atom is -0.504 e. The van der Waals surface area contributed by atoms with Gasteiger partial charge in [0.15, 0.2) is 23.0 Å². The maximum Gasteiger partial charge on any atom is 0.232 e. The Morgan fingerprint density at radius 1 is 0.889 bits per heavy atom. The lowest BCUT2D eigenvalue weighted by atomic mass is 9.91. The molecule has 1 aromatic rings. The van der Waals surface area contributed by atoms with Crippen LogP contribution in [0.3, 0.4) is 0 Å². The van der Waals surface area contributed by atoms with Crippen molar-refractivity contribution in [1.29, 1.82) is 0 Å². The molecule has 0 bridgehead atoms. The van der Waals surface area contributed by atoms with Crippen molar-refractivity contribution in [2.75, 3.05) is 7.11 Å². The first kappa shape index (κ1) is 11.8. The van der Waals surface area contributed by atoms with Gasteiger partial charge in [0.05, 0.1) is 18.2 Å². The zero-order valence-electron chi connectivity index (χ0n) is 9.09. The average molecular weight is 252 g/mol. The molecule has 18 heavy (non-hydrogen) atoms. The zero-order valence-corrected chi connectivity index (χ0v) is 9.09. The minimum atomic E-state index is -1.08. The lowest BCUT2D eigenvalue weighted by Crippen LogP contribution is -2.18. The van der Waals surface area contributed by atoms with E-state index < -0.39 is 45.7 Å². The molecule has 0 unspecified atom stereocenters. The Balaban J connectivity index is 2.86. The Morgan fingerprint density at radius 3 is 1.89 bits per heavy atom. The van der Waals surface area contributed by atoms with Crippen molar-refractivity contribution in [2.24, 2.45) is 0 Å². The van der Waals surface area contributed by atoms with E-state index in [9.17, 15) is 30.0 Å². The van der Waals surface area contributed by atoms with Gasteiger partial charge < -0.3 is 25.2 Å². The molecule has 0 saturated carbocycles. The van der Waals surface area contributed by atoms with Crippen LogP contribution in [0.5, 0.6) is 23.0 Å². The van der Waals surface area contributed by atoms with Gasteiger partial charge in [-0.1, -0.05) is 0 Å². The Labute approximate surface area is 100 Å². The molecule has 0 radical (unpaired) electrons. The molecule has 4 N–H and O–H groups in total. The average Bonchev–Trinajstić information content (AvgIpc) is 2.35. The summed E-state index contributed by atoms with van der Waals surface area (Å²) in [4.78, 5) is 23.5. The third-order valence-electron chi connectivity index (χ3n) is 2.58. The number of ether oxygens (including phenoxy) is 1. The van der Waals surface area contributed by atoms with Crippen LogP contribution in [0.25, 0.3) is 0 Å². The minimum absolute atomic E-state index is 0.340. The Bertz CT molecular complexity index is 613. The van der Waals surface area contributed by atoms with E-state index in [-0.39, 0.29) is 5.76 Å². The largest absolute Gasteiger partial charge is 0.504 e. The van der Waals surface area contributed by atoms with Gasteiger partial charge in [0, 0.05) is 6.08 Å². The first-order valence-electron chi connectivity index (χ1n) is 4.74. The van der Waals surface area contributed by atoms with Gasteiger partial charge in [-0.05, 0) is 0 Å². The van der Waals surface area contributed by atoms with Crippen molar-refractivity contribution in [2.45, 2.75) is 0 Å². The molecule has 2 rings (SSSR count). The number of ketones is 2. The van der Waals surface area contributed by atoms with Crippen molar-refractivity contribution in [3.63, 3.8) is 0 Å². The molecule has 7 nitrogen and oxygen atoms in total. The molecule has 0 amide bonds. The molecule has 0 fully saturated rings. The molecule has 1 aromatic carbocycles. The molecule has 1 aliphatic carbocycles. The number of fused-ring (bicyclic) bond motifs is 1. The predicted octanol–water partition coefficient (Wildman–Crippen LogP) is 0.418. The van der Waals surface area contributed by atoms with Gasteiger partial charge in [-0.15, -0.1) is 0 Å². The number of methoxy groups -OCH3 is 1. The highest BCUT2D eigenvalue weighted by Gasteiger charge is 2.36. The van der Waals surface area contributed by atoms with Gasteiger partial charge in [-0.3, -0.25) is 9.59 Å². The van der Waals surface area contributed by atoms with E-state index in [4.69, 9.17) is 0 Å². The van der Waals surface area contributed by atoms with Crippen LogP contribution in [-0.2, 0) is 4.74 Å². The van der Waals surface area contributed by atoms with Gasteiger partial charge in [-0.2, -0.15) is 0 Å². The lowest BCUT2D eigenvalue weighted by molar-refractivity contribution is 0.0910. The van der Waals surface area contributed by atoms with E-state index in [0.717, 1.165) is 13.2 Å². The summed E-state index contributed by atoms with van der Waals surface area (Å²) in [6.07, 6.45) is 0.820. The first-order valence-corrected chi connectivity index (χ1v) is 4.74. The van der Waals surface area contributed by atoms with Crippen LogP contribution in [0.2, 0.25) is 0 Å². The van der Waals surface area contributed by atoms with Crippen molar-refractivity contribution < 1.29 is 34.8 Å². The van der Waals surface area contributed by atoms with E-state index in [2.05, 4.69) is 4.74 Å². The van der Waals surface area contributed by atoms with Crippen LogP contribution in [-0.4, -0.2) is 39.1 Å². The molecule has 0 saturated heterocycles. The molecule has 0 spiro atoms. The molecule has 0 heterocycles. The van der Waals surface area contributed by atoms with Gasteiger partial charge >= 0.3 is 0 Å². The number of carbonyl (C=O) groups is 2. The number of hydrogen-bond acceptors (Lipinski definition) is 7. The van der Waals surface area contributed by atoms with Crippen molar-refractivity contribution in [3.05, 3.63) is 23.0 Å². The molecule has 0 atom stereocenters. The highest BCUT2D eigenvalue weighted by atomic mass is 16.5. The van der Waals surface area contributed by atoms with Crippen molar-refractivity contribution in [1.82, 2.24) is 0 Å². The quantitative estimate of drug-likeness (QED) is 0.421. The summed E-state index contributed by atoms with van der Waals surface area (Å²) >= 11 is 0. The maximum absolute atomic E-state index is 11.8. The fourth-order valence-corrected chi connectivity index (χ4v) is 1.69. The van der Waals surface area contributed by atoms with Crippen LogP contribution < -0.4 is 0 Å². The Kier molecular flexibility index (Phi) is 2.39. The van der Waals surface area contributed by atoms with Gasteiger partial charge in [0.25, 0.3) is 0 Å². The summed E-state index contributed by atoms with van der Waals surface area (Å²) in [6, 6.07) is 0. The maximum atomic E-state index is 11.8. The number of benzene rings is 1. The van der Waals surface area contributed by atoms with Crippen LogP contribution in [0.1, 0.15) is 20.7 Å². The summed E-state index contributed by atoms with van der Waals surface area (Å²) in [5, 5.41) is 37.7. The van der Waals surface area contributed by atoms with E-state index in [0.29, 0.717) is 0 Å². The SMILES string of the molecule is COC1=CC(=O)c2c(O)c(O)c(O)c(O)c2C1=O. The van der Waals surface area contributed by atoms with Gasteiger partial charge in [0.2, 0.25) is 17.3 Å². The number of aromatic hydroxyl groups is 4. The predicted molar refractivity (Wildman–Crippen MR) is 56.9 cm³/mol. The molecule has 0 aromatic heterocycles. The third kappa shape index (κ3) is 1.30. The molecule has 1 aliphatic rings. The number of rotatable bonds is 1. The number of allylic oxidation sites excluding steroid dienone is 2. The summed E-state index contributed by atoms with van der Waals surface area (Å²) in [5.74, 6) is -6.15. The van der Waals surface area contributed by atoms with Crippen molar-refractivity contribution in [3.8, 4) is 23.0 Å². The van der Waals surface area contributed by atoms with Crippen LogP contribution in [0.15, 0.2) is 11.8 Å². The topological polar surface area (TPSA) is 124 Å². The number of Topliss-reactive ketones (excluding diaryl/α,β-unsaturated/α-hetero) is 1. The van der Waals surface area contributed by atoms with Gasteiger partial charge in [-0.25, -0.2) is 0 Å². The number of carbonyl (C=O) groups excluding carboxylic acids is 2. The Hall–Kier alpha value is -2.70. The standard InChI is InChI=1S/C11H8O7/c1-18-4-2-3(12)5-6(7(4)13)9(15)11(17)10(16)8(5)14/h2,14-17H,1H3. The summed E-state index contributed by atoms with van der Waals surface area (Å²) in [7, 11) is 1.15. The number of phenols is 4. The normalized spacial score (nSPS) is 14.2. The highest BCUT2D eigenvalue weighted by Crippen LogP contribution is 2.49. The van der Waals surface area contributed by atoms with E-state index >= 15 is 0 Å². The highest BCUT2D eigenvalue weighted by molar-refractivity contribution is 6.26. The third-order valence-corrected chi connectivity index (χ3v) is 2.58. The summed E-state index contributed by atoms with van der Waals surface area (Å²) in [5.41, 5.74) is -1.18. The number of phenolic OH excluding ortho intramolecular Hbond substituents is 4. The fourth-order valence-electron chi connectivity index (χ4n) is 1.69. The van der Waals surface area contributed by atoms with Gasteiger partial charge in [0.1, 0.15) is 0 Å². The second kappa shape index (κ2) is 3.66. The molecule has 94 valence electrons. The molecule has 7 heteroatoms. The van der Waals surface area contributed by atoms with E-state index in [1.807, 2.05) is 0 Å². The Morgan fingerprint density at radius 2 is 1.39 bits per heavy atom. The van der Waals surface area contributed by atoms with E-state index in [1.54, 1.807) is 0 Å². The van der Waals surface area contributed by atoms with Crippen LogP contribution >= 0.6 is 0 Å².